The number of rotatable bonds is 5. The molecule has 1 rings (SSSR count). The number of hydrogen-bond donors (Lipinski definition) is 1. The van der Waals surface area contributed by atoms with Crippen LogP contribution in [-0.4, -0.2) is 6.54 Å². The van der Waals surface area contributed by atoms with Crippen LogP contribution in [0.4, 0.5) is 0 Å². The fraction of sp³-hybridized carbons (Fsp3) is 0.571. The van der Waals surface area contributed by atoms with E-state index in [9.17, 15) is 0 Å². The molecule has 0 saturated carbocycles. The van der Waals surface area contributed by atoms with Crippen molar-refractivity contribution in [2.75, 3.05) is 6.54 Å². The van der Waals surface area contributed by atoms with Gasteiger partial charge in [0.2, 0.25) is 0 Å². The summed E-state index contributed by atoms with van der Waals surface area (Å²) in [6, 6.07) is 7.14. The molecule has 1 unspecified atom stereocenters. The van der Waals surface area contributed by atoms with Crippen molar-refractivity contribution in [1.29, 1.82) is 0 Å². The molecule has 1 heteroatoms. The second-order valence-electron chi connectivity index (χ2n) is 4.19. The molecule has 0 saturated heterocycles. The first-order valence-corrected chi connectivity index (χ1v) is 6.00. The highest BCUT2D eigenvalue weighted by atomic mass is 14.9. The lowest BCUT2D eigenvalue weighted by atomic mass is 9.95. The van der Waals surface area contributed by atoms with E-state index in [0.717, 1.165) is 6.54 Å². The van der Waals surface area contributed by atoms with E-state index in [2.05, 4.69) is 51.2 Å². The normalized spacial score (nSPS) is 12.8. The third kappa shape index (κ3) is 3.07. The van der Waals surface area contributed by atoms with Crippen molar-refractivity contribution in [3.05, 3.63) is 34.9 Å². The van der Waals surface area contributed by atoms with Gasteiger partial charge in [-0.15, -0.1) is 0 Å². The number of nitrogens with one attached hydrogen (secondary N) is 1. The minimum absolute atomic E-state index is 0.528. The number of hydrogen-bond acceptors (Lipinski definition) is 1. The molecular formula is C14H23N. The van der Waals surface area contributed by atoms with E-state index >= 15 is 0 Å². The summed E-state index contributed by atoms with van der Waals surface area (Å²) in [4.78, 5) is 0. The maximum atomic E-state index is 3.57. The van der Waals surface area contributed by atoms with Gasteiger partial charge in [0.1, 0.15) is 0 Å². The van der Waals surface area contributed by atoms with E-state index < -0.39 is 0 Å². The summed E-state index contributed by atoms with van der Waals surface area (Å²) in [6.45, 7) is 9.87. The Balaban J connectivity index is 2.94. The molecule has 1 aromatic rings. The van der Waals surface area contributed by atoms with Crippen LogP contribution in [0, 0.1) is 13.8 Å². The first-order chi connectivity index (χ1) is 7.20. The zero-order valence-electron chi connectivity index (χ0n) is 10.4. The van der Waals surface area contributed by atoms with Gasteiger partial charge in [-0.1, -0.05) is 38.5 Å². The monoisotopic (exact) mass is 205 g/mol. The van der Waals surface area contributed by atoms with Crippen molar-refractivity contribution in [3.63, 3.8) is 0 Å². The fourth-order valence-electron chi connectivity index (χ4n) is 2.05. The molecule has 0 amide bonds. The topological polar surface area (TPSA) is 12.0 Å². The number of aryl methyl sites for hydroxylation is 1. The van der Waals surface area contributed by atoms with E-state index in [4.69, 9.17) is 0 Å². The van der Waals surface area contributed by atoms with Gasteiger partial charge in [0, 0.05) is 6.04 Å². The first kappa shape index (κ1) is 12.3. The van der Waals surface area contributed by atoms with E-state index in [1.54, 1.807) is 0 Å². The average Bonchev–Trinajstić information content (AvgIpc) is 2.22. The molecule has 84 valence electrons. The van der Waals surface area contributed by atoms with Crippen LogP contribution in [0.3, 0.4) is 0 Å². The Kier molecular flexibility index (Phi) is 4.83. The third-order valence-electron chi connectivity index (χ3n) is 3.05. The quantitative estimate of drug-likeness (QED) is 0.772. The van der Waals surface area contributed by atoms with Gasteiger partial charge < -0.3 is 5.32 Å². The Labute approximate surface area is 93.9 Å². The average molecular weight is 205 g/mol. The Morgan fingerprint density at radius 3 is 2.53 bits per heavy atom. The van der Waals surface area contributed by atoms with E-state index in [-0.39, 0.29) is 0 Å². The largest absolute Gasteiger partial charge is 0.310 e. The predicted molar refractivity (Wildman–Crippen MR) is 67.2 cm³/mol. The molecule has 0 aliphatic heterocycles. The predicted octanol–water partition coefficient (Wildman–Crippen LogP) is 3.75. The molecule has 0 spiro atoms. The molecule has 0 aromatic heterocycles. The van der Waals surface area contributed by atoms with Gasteiger partial charge >= 0.3 is 0 Å². The van der Waals surface area contributed by atoms with Crippen molar-refractivity contribution in [1.82, 2.24) is 5.32 Å². The summed E-state index contributed by atoms with van der Waals surface area (Å²) in [5, 5.41) is 3.57. The molecule has 15 heavy (non-hydrogen) atoms. The zero-order valence-corrected chi connectivity index (χ0v) is 10.4. The summed E-state index contributed by atoms with van der Waals surface area (Å²) < 4.78 is 0. The summed E-state index contributed by atoms with van der Waals surface area (Å²) in [6.07, 6.45) is 2.45. The molecule has 1 N–H and O–H groups in total. The summed E-state index contributed by atoms with van der Waals surface area (Å²) in [5.74, 6) is 0. The molecule has 1 atom stereocenters. The van der Waals surface area contributed by atoms with Crippen molar-refractivity contribution < 1.29 is 0 Å². The highest BCUT2D eigenvalue weighted by Gasteiger charge is 2.11. The van der Waals surface area contributed by atoms with E-state index in [1.807, 2.05) is 0 Å². The highest BCUT2D eigenvalue weighted by molar-refractivity contribution is 5.35. The van der Waals surface area contributed by atoms with Crippen LogP contribution in [0.5, 0.6) is 0 Å². The Bertz CT molecular complexity index is 298. The van der Waals surface area contributed by atoms with Gasteiger partial charge in [0.25, 0.3) is 0 Å². The fourth-order valence-corrected chi connectivity index (χ4v) is 2.05. The summed E-state index contributed by atoms with van der Waals surface area (Å²) in [7, 11) is 0. The molecule has 0 heterocycles. The lowest BCUT2D eigenvalue weighted by Crippen LogP contribution is -2.21. The molecule has 0 aliphatic rings. The minimum Gasteiger partial charge on any atom is -0.310 e. The molecule has 0 fully saturated rings. The van der Waals surface area contributed by atoms with Gasteiger partial charge in [0.05, 0.1) is 0 Å². The minimum atomic E-state index is 0.528. The molecule has 0 aliphatic carbocycles. The lowest BCUT2D eigenvalue weighted by molar-refractivity contribution is 0.507. The van der Waals surface area contributed by atoms with Crippen LogP contribution in [0.1, 0.15) is 49.4 Å². The summed E-state index contributed by atoms with van der Waals surface area (Å²) >= 11 is 0. The first-order valence-electron chi connectivity index (χ1n) is 6.00. The van der Waals surface area contributed by atoms with Crippen molar-refractivity contribution in [2.45, 2.75) is 46.6 Å². The smallest absolute Gasteiger partial charge is 0.0322 e. The number of benzene rings is 1. The van der Waals surface area contributed by atoms with Crippen LogP contribution in [0.15, 0.2) is 18.2 Å². The Morgan fingerprint density at radius 2 is 1.93 bits per heavy atom. The van der Waals surface area contributed by atoms with Crippen LogP contribution in [0.2, 0.25) is 0 Å². The standard InChI is InChI=1S/C14H23N/c1-5-8-14(15-6-2)13-10-7-9-11(3)12(13)4/h7,9-10,14-15H,5-6,8H2,1-4H3. The second-order valence-corrected chi connectivity index (χ2v) is 4.19. The van der Waals surface area contributed by atoms with E-state index in [0.29, 0.717) is 6.04 Å². The second kappa shape index (κ2) is 5.92. The Morgan fingerprint density at radius 1 is 1.20 bits per heavy atom. The van der Waals surface area contributed by atoms with Crippen LogP contribution < -0.4 is 5.32 Å². The van der Waals surface area contributed by atoms with Gasteiger partial charge in [0.15, 0.2) is 0 Å². The van der Waals surface area contributed by atoms with Crippen molar-refractivity contribution in [2.24, 2.45) is 0 Å². The lowest BCUT2D eigenvalue weighted by Gasteiger charge is -2.20. The SMILES string of the molecule is CCCC(NCC)c1cccc(C)c1C. The van der Waals surface area contributed by atoms with Gasteiger partial charge in [-0.3, -0.25) is 0 Å². The third-order valence-corrected chi connectivity index (χ3v) is 3.05. The van der Waals surface area contributed by atoms with E-state index in [1.165, 1.54) is 29.5 Å². The molecule has 1 aromatic carbocycles. The maximum absolute atomic E-state index is 3.57. The maximum Gasteiger partial charge on any atom is 0.0322 e. The molecule has 1 nitrogen and oxygen atoms in total. The molecular weight excluding hydrogens is 182 g/mol. The Hall–Kier alpha value is -0.820. The van der Waals surface area contributed by atoms with Crippen LogP contribution in [0.25, 0.3) is 0 Å². The van der Waals surface area contributed by atoms with Crippen molar-refractivity contribution >= 4 is 0 Å². The van der Waals surface area contributed by atoms with Crippen molar-refractivity contribution in [3.8, 4) is 0 Å². The zero-order chi connectivity index (χ0) is 11.3. The van der Waals surface area contributed by atoms with Gasteiger partial charge in [-0.2, -0.15) is 0 Å². The van der Waals surface area contributed by atoms with Gasteiger partial charge in [-0.25, -0.2) is 0 Å². The van der Waals surface area contributed by atoms with Crippen LogP contribution in [-0.2, 0) is 0 Å². The molecule has 0 radical (unpaired) electrons. The van der Waals surface area contributed by atoms with Gasteiger partial charge in [-0.05, 0) is 43.5 Å². The molecule has 0 bridgehead atoms. The highest BCUT2D eigenvalue weighted by Crippen LogP contribution is 2.23. The summed E-state index contributed by atoms with van der Waals surface area (Å²) in [5.41, 5.74) is 4.31. The van der Waals surface area contributed by atoms with Crippen LogP contribution >= 0.6 is 0 Å².